The van der Waals surface area contributed by atoms with Crippen molar-refractivity contribution < 1.29 is 9.90 Å². The summed E-state index contributed by atoms with van der Waals surface area (Å²) in [5, 5.41) is 15.6. The van der Waals surface area contributed by atoms with Crippen molar-refractivity contribution in [3.8, 4) is 5.75 Å². The van der Waals surface area contributed by atoms with Crippen molar-refractivity contribution in [3.05, 3.63) is 77.5 Å². The second kappa shape index (κ2) is 5.63. The fourth-order valence-corrected chi connectivity index (χ4v) is 2.45. The minimum Gasteiger partial charge on any atom is -0.508 e. The molecular weight excluding hydrogens is 264 g/mol. The molecule has 0 bridgehead atoms. The first-order valence-electron chi connectivity index (χ1n) is 6.62. The Hall–Kier alpha value is -2.88. The molecule has 0 saturated carbocycles. The van der Waals surface area contributed by atoms with E-state index in [1.165, 1.54) is 6.08 Å². The molecule has 0 radical (unpaired) electrons. The van der Waals surface area contributed by atoms with E-state index in [4.69, 9.17) is 0 Å². The quantitative estimate of drug-likeness (QED) is 0.694. The number of hydrogen-bond donors (Lipinski definition) is 1. The van der Waals surface area contributed by atoms with Gasteiger partial charge in [-0.2, -0.15) is 5.10 Å². The average molecular weight is 278 g/mol. The molecule has 104 valence electrons. The van der Waals surface area contributed by atoms with E-state index in [0.29, 0.717) is 0 Å². The van der Waals surface area contributed by atoms with Gasteiger partial charge in [-0.25, -0.2) is 0 Å². The van der Waals surface area contributed by atoms with Crippen molar-refractivity contribution in [1.29, 1.82) is 0 Å². The molecule has 0 fully saturated rings. The second-order valence-corrected chi connectivity index (χ2v) is 4.73. The fourth-order valence-electron chi connectivity index (χ4n) is 2.45. The van der Waals surface area contributed by atoms with Gasteiger partial charge in [-0.05, 0) is 29.3 Å². The predicted molar refractivity (Wildman–Crippen MR) is 81.0 cm³/mol. The van der Waals surface area contributed by atoms with Gasteiger partial charge in [0.05, 0.1) is 6.21 Å². The molecule has 0 amide bonds. The monoisotopic (exact) mass is 278 g/mol. The molecule has 0 saturated heterocycles. The van der Waals surface area contributed by atoms with E-state index in [1.807, 2.05) is 36.4 Å². The van der Waals surface area contributed by atoms with E-state index in [1.54, 1.807) is 29.6 Å². The Bertz CT molecular complexity index is 705. The van der Waals surface area contributed by atoms with Crippen LogP contribution in [0.3, 0.4) is 0 Å². The van der Waals surface area contributed by atoms with E-state index in [2.05, 4.69) is 5.10 Å². The summed E-state index contributed by atoms with van der Waals surface area (Å²) in [6, 6.07) is 14.9. The molecule has 3 rings (SSSR count). The molecule has 1 N–H and O–H groups in total. The Morgan fingerprint density at radius 3 is 2.62 bits per heavy atom. The number of fused-ring (bicyclic) bond motifs is 1. The zero-order chi connectivity index (χ0) is 14.7. The second-order valence-electron chi connectivity index (χ2n) is 4.73. The van der Waals surface area contributed by atoms with Crippen molar-refractivity contribution in [2.45, 2.75) is 6.04 Å². The predicted octanol–water partition coefficient (Wildman–Crippen LogP) is 2.84. The van der Waals surface area contributed by atoms with Gasteiger partial charge in [-0.3, -0.25) is 9.80 Å². The molecule has 4 nitrogen and oxygen atoms in total. The molecule has 1 aliphatic rings. The molecule has 21 heavy (non-hydrogen) atoms. The van der Waals surface area contributed by atoms with Crippen molar-refractivity contribution >= 4 is 12.5 Å². The molecule has 2 aromatic rings. The normalized spacial score (nSPS) is 17.0. The van der Waals surface area contributed by atoms with Gasteiger partial charge in [0.2, 0.25) is 0 Å². The maximum absolute atomic E-state index is 10.6. The molecule has 1 unspecified atom stereocenters. The Balaban J connectivity index is 2.10. The summed E-state index contributed by atoms with van der Waals surface area (Å²) in [5.41, 5.74) is 3.15. The Morgan fingerprint density at radius 2 is 1.86 bits per heavy atom. The lowest BCUT2D eigenvalue weighted by atomic mass is 9.93. The highest BCUT2D eigenvalue weighted by atomic mass is 16.3. The topological polar surface area (TPSA) is 52.9 Å². The van der Waals surface area contributed by atoms with Crippen molar-refractivity contribution in [1.82, 2.24) is 5.01 Å². The number of rotatable bonds is 3. The van der Waals surface area contributed by atoms with Gasteiger partial charge >= 0.3 is 0 Å². The van der Waals surface area contributed by atoms with Crippen LogP contribution in [0.5, 0.6) is 5.75 Å². The van der Waals surface area contributed by atoms with E-state index >= 15 is 0 Å². The number of phenols is 1. The molecule has 1 heterocycles. The smallest absolute Gasteiger partial charge is 0.144 e. The lowest BCUT2D eigenvalue weighted by Gasteiger charge is -2.31. The Morgan fingerprint density at radius 1 is 1.10 bits per heavy atom. The number of hydrogen-bond acceptors (Lipinski definition) is 4. The third kappa shape index (κ3) is 2.56. The summed E-state index contributed by atoms with van der Waals surface area (Å²) < 4.78 is 0. The maximum Gasteiger partial charge on any atom is 0.144 e. The fraction of sp³-hybridized carbons (Fsp3) is 0.0588. The molecule has 1 atom stereocenters. The maximum atomic E-state index is 10.6. The standard InChI is InChI=1S/C17H14N2O2/c20-11-3-10-19-17(13-6-8-15(21)9-7-13)16-5-2-1-4-14(16)12-18-19/h1-12,17,21H/b10-3+. The van der Waals surface area contributed by atoms with Crippen LogP contribution in [-0.2, 0) is 4.79 Å². The van der Waals surface area contributed by atoms with E-state index in [0.717, 1.165) is 23.0 Å². The minimum absolute atomic E-state index is 0.122. The number of aldehydes is 1. The van der Waals surface area contributed by atoms with Crippen molar-refractivity contribution in [3.63, 3.8) is 0 Å². The molecule has 4 heteroatoms. The number of benzene rings is 2. The molecule has 1 aliphatic heterocycles. The Labute approximate surface area is 122 Å². The first kappa shape index (κ1) is 13.1. The summed E-state index contributed by atoms with van der Waals surface area (Å²) in [6.07, 6.45) is 5.57. The first-order valence-corrected chi connectivity index (χ1v) is 6.62. The lowest BCUT2D eigenvalue weighted by Crippen LogP contribution is -2.24. The van der Waals surface area contributed by atoms with Crippen LogP contribution in [0.15, 0.2) is 65.9 Å². The van der Waals surface area contributed by atoms with Crippen molar-refractivity contribution in [2.75, 3.05) is 0 Å². The van der Waals surface area contributed by atoms with Crippen molar-refractivity contribution in [2.24, 2.45) is 5.10 Å². The summed E-state index contributed by atoms with van der Waals surface area (Å²) in [6.45, 7) is 0. The number of carbonyl (C=O) groups excluding carboxylic acids is 1. The first-order chi connectivity index (χ1) is 10.3. The van der Waals surface area contributed by atoms with Crippen LogP contribution >= 0.6 is 0 Å². The van der Waals surface area contributed by atoms with Crippen LogP contribution in [-0.4, -0.2) is 22.6 Å². The van der Waals surface area contributed by atoms with Gasteiger partial charge < -0.3 is 5.11 Å². The zero-order valence-corrected chi connectivity index (χ0v) is 11.3. The van der Waals surface area contributed by atoms with Gasteiger partial charge in [0.25, 0.3) is 0 Å². The van der Waals surface area contributed by atoms with Crippen LogP contribution in [0.25, 0.3) is 0 Å². The van der Waals surface area contributed by atoms with Gasteiger partial charge in [-0.15, -0.1) is 0 Å². The minimum atomic E-state index is -0.122. The van der Waals surface area contributed by atoms with Crippen LogP contribution in [0.4, 0.5) is 0 Å². The van der Waals surface area contributed by atoms with E-state index in [9.17, 15) is 9.90 Å². The largest absolute Gasteiger partial charge is 0.508 e. The number of aromatic hydroxyl groups is 1. The van der Waals surface area contributed by atoms with Crippen LogP contribution in [0, 0.1) is 0 Å². The lowest BCUT2D eigenvalue weighted by molar-refractivity contribution is -0.104. The highest BCUT2D eigenvalue weighted by Crippen LogP contribution is 2.34. The number of phenolic OH excluding ortho intramolecular Hbond substituents is 1. The van der Waals surface area contributed by atoms with E-state index in [-0.39, 0.29) is 11.8 Å². The van der Waals surface area contributed by atoms with Gasteiger partial charge in [-0.1, -0.05) is 36.4 Å². The molecular formula is C17H14N2O2. The zero-order valence-electron chi connectivity index (χ0n) is 11.3. The highest BCUT2D eigenvalue weighted by Gasteiger charge is 2.24. The van der Waals surface area contributed by atoms with E-state index < -0.39 is 0 Å². The van der Waals surface area contributed by atoms with Crippen LogP contribution in [0.2, 0.25) is 0 Å². The van der Waals surface area contributed by atoms with Gasteiger partial charge in [0.15, 0.2) is 0 Å². The summed E-state index contributed by atoms with van der Waals surface area (Å²) in [7, 11) is 0. The van der Waals surface area contributed by atoms with Gasteiger partial charge in [0.1, 0.15) is 18.1 Å². The average Bonchev–Trinajstić information content (AvgIpc) is 2.53. The molecule has 2 aromatic carbocycles. The highest BCUT2D eigenvalue weighted by molar-refractivity contribution is 5.83. The number of allylic oxidation sites excluding steroid dienone is 1. The summed E-state index contributed by atoms with van der Waals surface area (Å²) in [4.78, 5) is 10.6. The Kier molecular flexibility index (Phi) is 3.51. The third-order valence-electron chi connectivity index (χ3n) is 3.41. The van der Waals surface area contributed by atoms with Crippen LogP contribution in [0.1, 0.15) is 22.7 Å². The summed E-state index contributed by atoms with van der Waals surface area (Å²) in [5.74, 6) is 0.223. The number of hydrazone groups is 1. The number of carbonyl (C=O) groups is 1. The third-order valence-corrected chi connectivity index (χ3v) is 3.41. The SMILES string of the molecule is O=C/C=C/N1N=Cc2ccccc2C1c1ccc(O)cc1. The summed E-state index contributed by atoms with van der Waals surface area (Å²) >= 11 is 0. The molecule has 0 aliphatic carbocycles. The molecule has 0 aromatic heterocycles. The van der Waals surface area contributed by atoms with Crippen LogP contribution < -0.4 is 0 Å². The van der Waals surface area contributed by atoms with Gasteiger partial charge in [0, 0.05) is 11.8 Å². The molecule has 0 spiro atoms. The number of nitrogens with zero attached hydrogens (tertiary/aromatic N) is 2.